The number of amides is 2. The van der Waals surface area contributed by atoms with Crippen LogP contribution >= 0.6 is 11.3 Å². The zero-order chi connectivity index (χ0) is 23.0. The Bertz CT molecular complexity index is 1180. The number of hydrogen-bond acceptors (Lipinski definition) is 7. The number of carbonyl (C=O) groups excluding carboxylic acids is 2. The zero-order valence-electron chi connectivity index (χ0n) is 17.7. The maximum absolute atomic E-state index is 12.3. The van der Waals surface area contributed by atoms with Gasteiger partial charge in [0, 0.05) is 35.5 Å². The van der Waals surface area contributed by atoms with Crippen molar-refractivity contribution in [2.45, 2.75) is 25.8 Å². The molecule has 0 saturated heterocycles. The van der Waals surface area contributed by atoms with Crippen molar-refractivity contribution in [2.24, 2.45) is 5.92 Å². The molecule has 0 spiro atoms. The molecule has 33 heavy (non-hydrogen) atoms. The molecular formula is C24H22N4O4S. The average molecular weight is 463 g/mol. The van der Waals surface area contributed by atoms with Crippen LogP contribution in [0.15, 0.2) is 53.6 Å². The Hall–Kier alpha value is -3.90. The first-order valence-electron chi connectivity index (χ1n) is 10.5. The molecule has 1 atom stereocenters. The fraction of sp³-hybridized carbons (Fsp3) is 0.250. The Morgan fingerprint density at radius 1 is 1.39 bits per heavy atom. The summed E-state index contributed by atoms with van der Waals surface area (Å²) in [6.07, 6.45) is 11.2. The number of anilines is 1. The first-order chi connectivity index (χ1) is 16.1. The first-order valence-corrected chi connectivity index (χ1v) is 11.3. The number of rotatable bonds is 7. The second-order valence-electron chi connectivity index (χ2n) is 7.62. The van der Waals surface area contributed by atoms with Gasteiger partial charge in [-0.3, -0.25) is 9.78 Å². The highest BCUT2D eigenvalue weighted by Gasteiger charge is 2.27. The molecule has 0 aliphatic heterocycles. The van der Waals surface area contributed by atoms with Crippen molar-refractivity contribution < 1.29 is 18.7 Å². The molecule has 0 aromatic carbocycles. The lowest BCUT2D eigenvalue weighted by atomic mass is 9.88. The van der Waals surface area contributed by atoms with Gasteiger partial charge in [0.15, 0.2) is 0 Å². The molecular weight excluding hydrogens is 440 g/mol. The summed E-state index contributed by atoms with van der Waals surface area (Å²) in [5.41, 5.74) is 3.18. The van der Waals surface area contributed by atoms with Gasteiger partial charge in [0.05, 0.1) is 24.7 Å². The van der Waals surface area contributed by atoms with Crippen molar-refractivity contribution >= 4 is 34.4 Å². The molecule has 3 heterocycles. The molecule has 0 bridgehead atoms. The lowest BCUT2D eigenvalue weighted by molar-refractivity contribution is -0.111. The molecule has 1 unspecified atom stereocenters. The van der Waals surface area contributed by atoms with Crippen molar-refractivity contribution in [2.75, 3.05) is 11.9 Å². The van der Waals surface area contributed by atoms with E-state index in [0.29, 0.717) is 36.6 Å². The van der Waals surface area contributed by atoms with E-state index in [-0.39, 0.29) is 11.8 Å². The zero-order valence-corrected chi connectivity index (χ0v) is 18.6. The van der Waals surface area contributed by atoms with Crippen LogP contribution in [0, 0.1) is 17.2 Å². The molecule has 9 heteroatoms. The van der Waals surface area contributed by atoms with Crippen LogP contribution in [0.2, 0.25) is 0 Å². The smallest absolute Gasteiger partial charge is 0.407 e. The van der Waals surface area contributed by atoms with Crippen LogP contribution in [0.3, 0.4) is 0 Å². The van der Waals surface area contributed by atoms with Crippen molar-refractivity contribution in [3.8, 4) is 6.07 Å². The highest BCUT2D eigenvalue weighted by molar-refractivity contribution is 7.16. The normalized spacial score (nSPS) is 14.9. The fourth-order valence-corrected chi connectivity index (χ4v) is 4.93. The average Bonchev–Trinajstić information content (AvgIpc) is 3.47. The van der Waals surface area contributed by atoms with Crippen molar-refractivity contribution in [3.63, 3.8) is 0 Å². The molecule has 1 aliphatic carbocycles. The Morgan fingerprint density at radius 3 is 3.06 bits per heavy atom. The van der Waals surface area contributed by atoms with E-state index >= 15 is 0 Å². The second kappa shape index (κ2) is 10.6. The van der Waals surface area contributed by atoms with E-state index in [1.807, 2.05) is 12.1 Å². The third kappa shape index (κ3) is 5.87. The topological polar surface area (TPSA) is 117 Å². The number of aromatic nitrogens is 1. The number of nitrogens with one attached hydrogen (secondary N) is 2. The monoisotopic (exact) mass is 462 g/mol. The highest BCUT2D eigenvalue weighted by Crippen LogP contribution is 2.39. The molecule has 2 amide bonds. The molecule has 8 nitrogen and oxygen atoms in total. The molecule has 0 fully saturated rings. The molecule has 3 aromatic rings. The van der Waals surface area contributed by atoms with Crippen LogP contribution in [0.4, 0.5) is 9.80 Å². The summed E-state index contributed by atoms with van der Waals surface area (Å²) >= 11 is 1.41. The van der Waals surface area contributed by atoms with Gasteiger partial charge in [-0.15, -0.1) is 11.3 Å². The molecule has 4 rings (SSSR count). The first kappa shape index (κ1) is 22.3. The van der Waals surface area contributed by atoms with Gasteiger partial charge in [-0.05, 0) is 54.5 Å². The standard InChI is InChI=1S/C24H22N4O4S/c25-11-20-19-5-3-17(15-32-24(30)27-13-18-2-1-8-26-12-18)10-21(19)33-23(20)28-22(29)6-4-16-7-9-31-14-16/h1-2,4,6-9,12,14,17H,3,5,10,13,15H2,(H,27,30)(H,28,29)/b6-4+. The summed E-state index contributed by atoms with van der Waals surface area (Å²) in [6, 6.07) is 7.67. The molecule has 0 radical (unpaired) electrons. The van der Waals surface area contributed by atoms with Crippen molar-refractivity contribution in [1.82, 2.24) is 10.3 Å². The summed E-state index contributed by atoms with van der Waals surface area (Å²) < 4.78 is 10.4. The van der Waals surface area contributed by atoms with Gasteiger partial charge in [0.1, 0.15) is 11.1 Å². The molecule has 2 N–H and O–H groups in total. The summed E-state index contributed by atoms with van der Waals surface area (Å²) in [5, 5.41) is 15.7. The van der Waals surface area contributed by atoms with E-state index in [9.17, 15) is 14.9 Å². The number of ether oxygens (including phenoxy) is 1. The van der Waals surface area contributed by atoms with E-state index in [4.69, 9.17) is 9.15 Å². The maximum atomic E-state index is 12.3. The Kier molecular flexibility index (Phi) is 7.17. The number of hydrogen-bond donors (Lipinski definition) is 2. The predicted molar refractivity (Wildman–Crippen MR) is 123 cm³/mol. The lowest BCUT2D eigenvalue weighted by Gasteiger charge is -2.21. The van der Waals surface area contributed by atoms with Gasteiger partial charge >= 0.3 is 6.09 Å². The number of thiophene rings is 1. The third-order valence-electron chi connectivity index (χ3n) is 5.30. The van der Waals surface area contributed by atoms with E-state index in [1.165, 1.54) is 29.9 Å². The van der Waals surface area contributed by atoms with Crippen LogP contribution in [0.1, 0.15) is 33.6 Å². The number of alkyl carbamates (subject to hydrolysis) is 1. The largest absolute Gasteiger partial charge is 0.472 e. The predicted octanol–water partition coefficient (Wildman–Crippen LogP) is 4.29. The number of nitriles is 1. The van der Waals surface area contributed by atoms with E-state index in [1.54, 1.807) is 24.5 Å². The van der Waals surface area contributed by atoms with Gasteiger partial charge < -0.3 is 19.8 Å². The van der Waals surface area contributed by atoms with Crippen LogP contribution < -0.4 is 10.6 Å². The number of nitrogens with zero attached hydrogens (tertiary/aromatic N) is 2. The van der Waals surface area contributed by atoms with E-state index in [2.05, 4.69) is 21.7 Å². The molecule has 1 aliphatic rings. The number of pyridine rings is 1. The Balaban J connectivity index is 1.31. The summed E-state index contributed by atoms with van der Waals surface area (Å²) in [4.78, 5) is 29.4. The van der Waals surface area contributed by atoms with Gasteiger partial charge in [-0.2, -0.15) is 5.26 Å². The van der Waals surface area contributed by atoms with Crippen LogP contribution in [-0.2, 0) is 28.9 Å². The van der Waals surface area contributed by atoms with Gasteiger partial charge in [-0.1, -0.05) is 6.07 Å². The van der Waals surface area contributed by atoms with Crippen molar-refractivity contribution in [1.29, 1.82) is 5.26 Å². The Labute approximate surface area is 194 Å². The Morgan fingerprint density at radius 2 is 2.30 bits per heavy atom. The molecule has 168 valence electrons. The SMILES string of the molecule is N#Cc1c(NC(=O)/C=C/c2ccoc2)sc2c1CCC(COC(=O)NCc1cccnc1)C2. The van der Waals surface area contributed by atoms with E-state index < -0.39 is 6.09 Å². The fourth-order valence-electron chi connectivity index (χ4n) is 3.62. The molecule has 0 saturated carbocycles. The summed E-state index contributed by atoms with van der Waals surface area (Å²) in [7, 11) is 0. The third-order valence-corrected chi connectivity index (χ3v) is 6.47. The van der Waals surface area contributed by atoms with Crippen LogP contribution in [0.5, 0.6) is 0 Å². The minimum absolute atomic E-state index is 0.163. The van der Waals surface area contributed by atoms with Crippen molar-refractivity contribution in [3.05, 3.63) is 76.3 Å². The summed E-state index contributed by atoms with van der Waals surface area (Å²) in [6.45, 7) is 0.656. The van der Waals surface area contributed by atoms with Gasteiger partial charge in [0.25, 0.3) is 0 Å². The minimum atomic E-state index is -0.467. The van der Waals surface area contributed by atoms with Crippen LogP contribution in [0.25, 0.3) is 6.08 Å². The maximum Gasteiger partial charge on any atom is 0.407 e. The summed E-state index contributed by atoms with van der Waals surface area (Å²) in [5.74, 6) is -0.146. The van der Waals surface area contributed by atoms with Crippen LogP contribution in [-0.4, -0.2) is 23.6 Å². The highest BCUT2D eigenvalue weighted by atomic mass is 32.1. The quantitative estimate of drug-likeness (QED) is 0.506. The number of furan rings is 1. The van der Waals surface area contributed by atoms with Gasteiger partial charge in [-0.25, -0.2) is 4.79 Å². The number of fused-ring (bicyclic) bond motifs is 1. The lowest BCUT2D eigenvalue weighted by Crippen LogP contribution is -2.27. The molecule has 3 aromatic heterocycles. The minimum Gasteiger partial charge on any atom is -0.472 e. The number of carbonyl (C=O) groups is 2. The van der Waals surface area contributed by atoms with Gasteiger partial charge in [0.2, 0.25) is 5.91 Å². The van der Waals surface area contributed by atoms with E-state index in [0.717, 1.165) is 28.0 Å². The second-order valence-corrected chi connectivity index (χ2v) is 8.73.